The molecule has 0 aliphatic heterocycles. The molecule has 2 aromatic rings. The second kappa shape index (κ2) is 4.67. The van der Waals surface area contributed by atoms with Gasteiger partial charge in [0.05, 0.1) is 16.8 Å². The third-order valence-corrected chi connectivity index (χ3v) is 2.66. The van der Waals surface area contributed by atoms with Crippen LogP contribution in [-0.4, -0.2) is 15.1 Å². The molecule has 1 aromatic heterocycles. The van der Waals surface area contributed by atoms with Crippen molar-refractivity contribution in [3.8, 4) is 11.4 Å². The van der Waals surface area contributed by atoms with Crippen LogP contribution in [-0.2, 0) is 6.61 Å². The SMILES string of the molecule is OCc1ccnc(-c2ccc(F)c(Br)c2)n1. The molecular weight excluding hydrogens is 275 g/mol. The highest BCUT2D eigenvalue weighted by Crippen LogP contribution is 2.22. The first kappa shape index (κ1) is 11.2. The van der Waals surface area contributed by atoms with E-state index in [0.29, 0.717) is 21.6 Å². The first-order chi connectivity index (χ1) is 7.70. The van der Waals surface area contributed by atoms with Crippen LogP contribution in [0.3, 0.4) is 0 Å². The standard InChI is InChI=1S/C11H8BrFN2O/c12-9-5-7(1-2-10(9)13)11-14-4-3-8(6-16)15-11/h1-5,16H,6H2. The Morgan fingerprint density at radius 3 is 2.81 bits per heavy atom. The van der Waals surface area contributed by atoms with E-state index >= 15 is 0 Å². The summed E-state index contributed by atoms with van der Waals surface area (Å²) in [4.78, 5) is 8.19. The van der Waals surface area contributed by atoms with Crippen molar-refractivity contribution in [1.29, 1.82) is 0 Å². The molecule has 0 amide bonds. The molecule has 0 aliphatic carbocycles. The fourth-order valence-electron chi connectivity index (χ4n) is 1.26. The molecule has 0 aliphatic rings. The van der Waals surface area contributed by atoms with Crippen molar-refractivity contribution in [3.63, 3.8) is 0 Å². The van der Waals surface area contributed by atoms with Gasteiger partial charge in [-0.1, -0.05) is 0 Å². The van der Waals surface area contributed by atoms with Gasteiger partial charge in [0.25, 0.3) is 0 Å². The van der Waals surface area contributed by atoms with Gasteiger partial charge in [0.15, 0.2) is 5.82 Å². The van der Waals surface area contributed by atoms with Gasteiger partial charge in [0.1, 0.15) is 5.82 Å². The normalized spacial score (nSPS) is 10.4. The molecule has 5 heteroatoms. The van der Waals surface area contributed by atoms with E-state index in [2.05, 4.69) is 25.9 Å². The molecule has 1 aromatic carbocycles. The maximum Gasteiger partial charge on any atom is 0.159 e. The smallest absolute Gasteiger partial charge is 0.159 e. The van der Waals surface area contributed by atoms with Gasteiger partial charge >= 0.3 is 0 Å². The lowest BCUT2D eigenvalue weighted by Crippen LogP contribution is -1.94. The fourth-order valence-corrected chi connectivity index (χ4v) is 1.64. The lowest BCUT2D eigenvalue weighted by Gasteiger charge is -2.02. The number of hydrogen-bond donors (Lipinski definition) is 1. The molecule has 0 unspecified atom stereocenters. The Kier molecular flexibility index (Phi) is 3.26. The number of nitrogens with zero attached hydrogens (tertiary/aromatic N) is 2. The second-order valence-corrected chi connectivity index (χ2v) is 4.01. The van der Waals surface area contributed by atoms with Crippen LogP contribution in [0.1, 0.15) is 5.69 Å². The summed E-state index contributed by atoms with van der Waals surface area (Å²) >= 11 is 3.10. The predicted octanol–water partition coefficient (Wildman–Crippen LogP) is 2.54. The molecule has 0 atom stereocenters. The van der Waals surface area contributed by atoms with Crippen LogP contribution in [0.4, 0.5) is 4.39 Å². The number of halogens is 2. The number of rotatable bonds is 2. The van der Waals surface area contributed by atoms with Crippen LogP contribution in [0.5, 0.6) is 0 Å². The zero-order valence-electron chi connectivity index (χ0n) is 8.19. The highest BCUT2D eigenvalue weighted by molar-refractivity contribution is 9.10. The van der Waals surface area contributed by atoms with Gasteiger partial charge in [-0.2, -0.15) is 0 Å². The van der Waals surface area contributed by atoms with E-state index in [1.807, 2.05) is 0 Å². The minimum Gasteiger partial charge on any atom is -0.390 e. The first-order valence-corrected chi connectivity index (χ1v) is 5.38. The third-order valence-electron chi connectivity index (χ3n) is 2.05. The van der Waals surface area contributed by atoms with Gasteiger partial charge in [-0.3, -0.25) is 0 Å². The number of aliphatic hydroxyl groups is 1. The molecule has 3 nitrogen and oxygen atoms in total. The van der Waals surface area contributed by atoms with Crippen molar-refractivity contribution >= 4 is 15.9 Å². The molecule has 0 bridgehead atoms. The summed E-state index contributed by atoms with van der Waals surface area (Å²) in [7, 11) is 0. The minimum absolute atomic E-state index is 0.141. The predicted molar refractivity (Wildman–Crippen MR) is 61.0 cm³/mol. The minimum atomic E-state index is -0.331. The number of aliphatic hydroxyl groups excluding tert-OH is 1. The van der Waals surface area contributed by atoms with Gasteiger partial charge < -0.3 is 5.11 Å². The largest absolute Gasteiger partial charge is 0.390 e. The molecule has 1 N–H and O–H groups in total. The molecule has 0 saturated carbocycles. The van der Waals surface area contributed by atoms with Crippen LogP contribution in [0.2, 0.25) is 0 Å². The van der Waals surface area contributed by atoms with E-state index < -0.39 is 0 Å². The second-order valence-electron chi connectivity index (χ2n) is 3.16. The van der Waals surface area contributed by atoms with E-state index in [0.717, 1.165) is 0 Å². The Morgan fingerprint density at radius 2 is 2.12 bits per heavy atom. The van der Waals surface area contributed by atoms with Crippen molar-refractivity contribution in [2.24, 2.45) is 0 Å². The zero-order valence-corrected chi connectivity index (χ0v) is 9.78. The Balaban J connectivity index is 2.46. The maximum atomic E-state index is 13.0. The van der Waals surface area contributed by atoms with Crippen LogP contribution < -0.4 is 0 Å². The zero-order chi connectivity index (χ0) is 11.5. The molecule has 0 radical (unpaired) electrons. The molecule has 0 saturated heterocycles. The quantitative estimate of drug-likeness (QED) is 0.921. The summed E-state index contributed by atoms with van der Waals surface area (Å²) in [6, 6.07) is 6.17. The van der Waals surface area contributed by atoms with Crippen LogP contribution in [0, 0.1) is 5.82 Å². The summed E-state index contributed by atoms with van der Waals surface area (Å²) in [6.45, 7) is -0.141. The van der Waals surface area contributed by atoms with E-state index in [9.17, 15) is 4.39 Å². The summed E-state index contributed by atoms with van der Waals surface area (Å²) in [6.07, 6.45) is 1.56. The van der Waals surface area contributed by atoms with Gasteiger partial charge in [-0.05, 0) is 40.2 Å². The van der Waals surface area contributed by atoms with Crippen molar-refractivity contribution in [1.82, 2.24) is 9.97 Å². The topological polar surface area (TPSA) is 46.0 Å². The average molecular weight is 283 g/mol. The summed E-state index contributed by atoms with van der Waals surface area (Å²) in [5.41, 5.74) is 1.23. The van der Waals surface area contributed by atoms with E-state index in [1.165, 1.54) is 6.07 Å². The number of hydrogen-bond acceptors (Lipinski definition) is 3. The Morgan fingerprint density at radius 1 is 1.31 bits per heavy atom. The van der Waals surface area contributed by atoms with Crippen molar-refractivity contribution in [3.05, 3.63) is 46.4 Å². The fraction of sp³-hybridized carbons (Fsp3) is 0.0909. The van der Waals surface area contributed by atoms with Crippen molar-refractivity contribution in [2.45, 2.75) is 6.61 Å². The molecule has 0 spiro atoms. The van der Waals surface area contributed by atoms with Crippen LogP contribution >= 0.6 is 15.9 Å². The number of aromatic nitrogens is 2. The molecular formula is C11H8BrFN2O. The Labute approximate surface area is 100 Å². The van der Waals surface area contributed by atoms with Gasteiger partial charge in [0, 0.05) is 11.8 Å². The first-order valence-electron chi connectivity index (χ1n) is 4.59. The van der Waals surface area contributed by atoms with Crippen LogP contribution in [0.25, 0.3) is 11.4 Å². The highest BCUT2D eigenvalue weighted by atomic mass is 79.9. The Bertz CT molecular complexity index is 519. The molecule has 82 valence electrons. The summed E-state index contributed by atoms with van der Waals surface area (Å²) < 4.78 is 13.4. The van der Waals surface area contributed by atoms with Gasteiger partial charge in [-0.25, -0.2) is 14.4 Å². The number of benzene rings is 1. The van der Waals surface area contributed by atoms with Crippen molar-refractivity contribution in [2.75, 3.05) is 0 Å². The average Bonchev–Trinajstić information content (AvgIpc) is 2.33. The lowest BCUT2D eigenvalue weighted by atomic mass is 10.2. The molecule has 0 fully saturated rings. The van der Waals surface area contributed by atoms with E-state index in [4.69, 9.17) is 5.11 Å². The van der Waals surface area contributed by atoms with Gasteiger partial charge in [0.2, 0.25) is 0 Å². The van der Waals surface area contributed by atoms with E-state index in [-0.39, 0.29) is 12.4 Å². The third kappa shape index (κ3) is 2.25. The van der Waals surface area contributed by atoms with Crippen molar-refractivity contribution < 1.29 is 9.50 Å². The van der Waals surface area contributed by atoms with Crippen LogP contribution in [0.15, 0.2) is 34.9 Å². The molecule has 16 heavy (non-hydrogen) atoms. The van der Waals surface area contributed by atoms with Gasteiger partial charge in [-0.15, -0.1) is 0 Å². The highest BCUT2D eigenvalue weighted by Gasteiger charge is 2.05. The maximum absolute atomic E-state index is 13.0. The summed E-state index contributed by atoms with van der Waals surface area (Å²) in [5.74, 6) is 0.134. The monoisotopic (exact) mass is 282 g/mol. The lowest BCUT2D eigenvalue weighted by molar-refractivity contribution is 0.277. The molecule has 1 heterocycles. The Hall–Kier alpha value is -1.33. The molecule has 2 rings (SSSR count). The van der Waals surface area contributed by atoms with E-state index in [1.54, 1.807) is 24.4 Å². The summed E-state index contributed by atoms with van der Waals surface area (Å²) in [5, 5.41) is 8.95.